The predicted octanol–water partition coefficient (Wildman–Crippen LogP) is 4.90. The highest BCUT2D eigenvalue weighted by Gasteiger charge is 2.71. The third-order valence-electron chi connectivity index (χ3n) is 10.6. The van der Waals surface area contributed by atoms with Crippen molar-refractivity contribution in [1.29, 1.82) is 0 Å². The van der Waals surface area contributed by atoms with Crippen LogP contribution in [0.25, 0.3) is 0 Å². The molecule has 5 aliphatic carbocycles. The van der Waals surface area contributed by atoms with E-state index in [0.29, 0.717) is 30.1 Å². The number of rotatable bonds is 4. The van der Waals surface area contributed by atoms with Crippen molar-refractivity contribution in [3.05, 3.63) is 0 Å². The largest absolute Gasteiger partial charge is 0.450 e. The number of hydrogen-bond donors (Lipinski definition) is 0. The van der Waals surface area contributed by atoms with Crippen LogP contribution < -0.4 is 0 Å². The minimum atomic E-state index is -4.62. The van der Waals surface area contributed by atoms with Crippen LogP contribution in [0.3, 0.4) is 0 Å². The van der Waals surface area contributed by atoms with Crippen LogP contribution in [-0.4, -0.2) is 29.8 Å². The monoisotopic (exact) mass is 440 g/mol. The lowest BCUT2D eigenvalue weighted by Crippen LogP contribution is -2.51. The highest BCUT2D eigenvalue weighted by atomic mass is 19.4. The molecule has 0 N–H and O–H groups in total. The Kier molecular flexibility index (Phi) is 4.06. The van der Waals surface area contributed by atoms with Gasteiger partial charge in [-0.1, -0.05) is 13.8 Å². The molecule has 6 bridgehead atoms. The summed E-state index contributed by atoms with van der Waals surface area (Å²) in [6.45, 7) is 3.45. The van der Waals surface area contributed by atoms with Gasteiger partial charge in [0.1, 0.15) is 0 Å². The molecule has 6 rings (SSSR count). The molecule has 6 aliphatic rings. The Bertz CT molecular complexity index is 822. The topological polar surface area (TPSA) is 52.6 Å². The smallest absolute Gasteiger partial charge is 0.425 e. The quantitative estimate of drug-likeness (QED) is 0.461. The third-order valence-corrected chi connectivity index (χ3v) is 10.6. The van der Waals surface area contributed by atoms with E-state index in [4.69, 9.17) is 9.47 Å². The maximum Gasteiger partial charge on any atom is 0.425 e. The van der Waals surface area contributed by atoms with Crippen LogP contribution in [0.15, 0.2) is 0 Å². The van der Waals surface area contributed by atoms with Crippen LogP contribution in [0.2, 0.25) is 0 Å². The summed E-state index contributed by atoms with van der Waals surface area (Å²) in [4.78, 5) is 25.2. The van der Waals surface area contributed by atoms with Crippen LogP contribution in [0, 0.1) is 52.8 Å². The Morgan fingerprint density at radius 3 is 2.42 bits per heavy atom. The Labute approximate surface area is 180 Å². The van der Waals surface area contributed by atoms with E-state index in [1.165, 1.54) is 19.3 Å². The van der Waals surface area contributed by atoms with Crippen molar-refractivity contribution in [3.8, 4) is 0 Å². The Morgan fingerprint density at radius 2 is 1.81 bits per heavy atom. The molecule has 172 valence electrons. The lowest BCUT2D eigenvalue weighted by atomic mass is 9.66. The van der Waals surface area contributed by atoms with Gasteiger partial charge in [0.05, 0.1) is 5.92 Å². The van der Waals surface area contributed by atoms with E-state index in [1.807, 2.05) is 0 Å². The second-order valence-electron chi connectivity index (χ2n) is 11.9. The van der Waals surface area contributed by atoms with Crippen LogP contribution in [-0.2, 0) is 19.1 Å². The summed E-state index contributed by atoms with van der Waals surface area (Å²) in [5.41, 5.74) is -2.43. The number of halogens is 3. The minimum absolute atomic E-state index is 0.0296. The number of carbonyl (C=O) groups is 2. The van der Waals surface area contributed by atoms with Crippen molar-refractivity contribution >= 4 is 11.9 Å². The molecule has 31 heavy (non-hydrogen) atoms. The number of ether oxygens (including phenoxy) is 2. The zero-order valence-electron chi connectivity index (χ0n) is 18.1. The normalized spacial score (nSPS) is 49.4. The minimum Gasteiger partial charge on any atom is -0.450 e. The lowest BCUT2D eigenvalue weighted by molar-refractivity contribution is -0.238. The maximum absolute atomic E-state index is 14.0. The summed E-state index contributed by atoms with van der Waals surface area (Å²) in [6.07, 6.45) is -0.478. The summed E-state index contributed by atoms with van der Waals surface area (Å²) in [5.74, 6) is 1.76. The SMILES string of the molecule is CC1(C)C2CCC1(C(=O)OC(CC1CC3CC1C1C4CCC(C4)C31)C(F)(F)F)OC2=O. The Morgan fingerprint density at radius 1 is 1.10 bits per heavy atom. The molecular weight excluding hydrogens is 409 g/mol. The van der Waals surface area contributed by atoms with Gasteiger partial charge in [0, 0.05) is 5.41 Å². The summed E-state index contributed by atoms with van der Waals surface area (Å²) in [5, 5.41) is 0. The fraction of sp³-hybridized carbons (Fsp3) is 0.917. The average molecular weight is 441 g/mol. The van der Waals surface area contributed by atoms with Gasteiger partial charge >= 0.3 is 18.1 Å². The molecule has 10 atom stereocenters. The van der Waals surface area contributed by atoms with E-state index >= 15 is 0 Å². The molecular formula is C24H31F3O4. The fourth-order valence-electron chi connectivity index (χ4n) is 9.28. The van der Waals surface area contributed by atoms with Gasteiger partial charge in [-0.3, -0.25) is 4.79 Å². The molecule has 10 unspecified atom stereocenters. The standard InChI is InChI=1S/C24H31F3O4/c1-22(2)16-5-6-23(22,31-20(16)28)21(29)30-17(24(25,26)27)10-13-8-14-9-15(13)19-12-4-3-11(7-12)18(14)19/h11-19H,3-10H2,1-2H3. The molecule has 6 fully saturated rings. The highest BCUT2D eigenvalue weighted by Crippen LogP contribution is 2.69. The van der Waals surface area contributed by atoms with Gasteiger partial charge in [-0.25, -0.2) is 4.79 Å². The van der Waals surface area contributed by atoms with E-state index in [2.05, 4.69) is 0 Å². The Balaban J connectivity index is 1.20. The summed E-state index contributed by atoms with van der Waals surface area (Å²) in [6, 6.07) is 0. The molecule has 0 spiro atoms. The lowest BCUT2D eigenvalue weighted by Gasteiger charge is -2.40. The number of esters is 2. The van der Waals surface area contributed by atoms with Crippen molar-refractivity contribution in [3.63, 3.8) is 0 Å². The van der Waals surface area contributed by atoms with Gasteiger partial charge in [-0.15, -0.1) is 0 Å². The fourth-order valence-corrected chi connectivity index (χ4v) is 9.28. The first-order valence-corrected chi connectivity index (χ1v) is 12.0. The number of alkyl halides is 3. The number of hydrogen-bond acceptors (Lipinski definition) is 4. The van der Waals surface area contributed by atoms with Crippen LogP contribution in [0.5, 0.6) is 0 Å². The molecule has 7 heteroatoms. The molecule has 5 saturated carbocycles. The molecule has 1 heterocycles. The van der Waals surface area contributed by atoms with Crippen molar-refractivity contribution < 1.29 is 32.2 Å². The molecule has 0 aromatic carbocycles. The van der Waals surface area contributed by atoms with Crippen molar-refractivity contribution in [2.75, 3.05) is 0 Å². The predicted molar refractivity (Wildman–Crippen MR) is 103 cm³/mol. The van der Waals surface area contributed by atoms with Gasteiger partial charge in [-0.05, 0) is 92.8 Å². The van der Waals surface area contributed by atoms with Gasteiger partial charge < -0.3 is 9.47 Å². The molecule has 0 radical (unpaired) electrons. The maximum atomic E-state index is 14.0. The second kappa shape index (κ2) is 6.19. The first kappa shape index (κ1) is 20.3. The molecule has 0 amide bonds. The summed E-state index contributed by atoms with van der Waals surface area (Å²) >= 11 is 0. The van der Waals surface area contributed by atoms with Crippen LogP contribution in [0.1, 0.15) is 65.2 Å². The van der Waals surface area contributed by atoms with E-state index in [9.17, 15) is 22.8 Å². The zero-order chi connectivity index (χ0) is 21.9. The van der Waals surface area contributed by atoms with Crippen molar-refractivity contribution in [1.82, 2.24) is 0 Å². The molecule has 1 aliphatic heterocycles. The zero-order valence-corrected chi connectivity index (χ0v) is 18.1. The second-order valence-corrected chi connectivity index (χ2v) is 11.9. The summed E-state index contributed by atoms with van der Waals surface area (Å²) in [7, 11) is 0. The van der Waals surface area contributed by atoms with Gasteiger partial charge in [-0.2, -0.15) is 13.2 Å². The first-order valence-electron chi connectivity index (χ1n) is 12.0. The average Bonchev–Trinajstić information content (AvgIpc) is 3.48. The van der Waals surface area contributed by atoms with E-state index in [1.54, 1.807) is 13.8 Å². The highest BCUT2D eigenvalue weighted by molar-refractivity contribution is 5.91. The van der Waals surface area contributed by atoms with Crippen LogP contribution in [0.4, 0.5) is 13.2 Å². The molecule has 4 nitrogen and oxygen atoms in total. The number of carbonyl (C=O) groups excluding carboxylic acids is 2. The van der Waals surface area contributed by atoms with E-state index in [0.717, 1.165) is 24.7 Å². The Hall–Kier alpha value is -1.27. The van der Waals surface area contributed by atoms with Crippen molar-refractivity contribution in [2.45, 2.75) is 83.1 Å². The van der Waals surface area contributed by atoms with Gasteiger partial charge in [0.15, 0.2) is 6.10 Å². The van der Waals surface area contributed by atoms with Gasteiger partial charge in [0.25, 0.3) is 0 Å². The van der Waals surface area contributed by atoms with E-state index < -0.39 is 41.2 Å². The van der Waals surface area contributed by atoms with E-state index in [-0.39, 0.29) is 18.8 Å². The molecule has 1 saturated heterocycles. The first-order chi connectivity index (χ1) is 14.5. The number of fused-ring (bicyclic) bond motifs is 11. The van der Waals surface area contributed by atoms with Gasteiger partial charge in [0.2, 0.25) is 5.60 Å². The third kappa shape index (κ3) is 2.55. The molecule has 0 aromatic heterocycles. The molecule has 0 aromatic rings. The van der Waals surface area contributed by atoms with Crippen molar-refractivity contribution in [2.24, 2.45) is 52.8 Å². The van der Waals surface area contributed by atoms with Crippen LogP contribution >= 0.6 is 0 Å². The summed E-state index contributed by atoms with van der Waals surface area (Å²) < 4.78 is 52.6.